The molecule has 5 atom stereocenters. The van der Waals surface area contributed by atoms with Crippen LogP contribution in [0.4, 0.5) is 9.93 Å². The standard InChI is InChI=1S/C23H25N5O3S/c1-2-17-26-27-23(32-17)25-22(31)24-16(12-13-6-4-3-5-7-13)28-20(29)18-14-8-9-15(11-10-14)19(18)21(28)30/h3-9,14-16,18-19H,2,10-12H2,1H3,(H2,24,25,27,31). The van der Waals surface area contributed by atoms with Gasteiger partial charge in [-0.1, -0.05) is 60.7 Å². The lowest BCUT2D eigenvalue weighted by molar-refractivity contribution is -0.143. The van der Waals surface area contributed by atoms with Gasteiger partial charge in [-0.15, -0.1) is 10.2 Å². The number of urea groups is 1. The van der Waals surface area contributed by atoms with E-state index in [0.717, 1.165) is 29.8 Å². The van der Waals surface area contributed by atoms with E-state index in [1.54, 1.807) is 0 Å². The smallest absolute Gasteiger partial charge is 0.317 e. The maximum absolute atomic E-state index is 13.4. The molecule has 4 amide bonds. The molecule has 1 aromatic heterocycles. The minimum absolute atomic E-state index is 0.103. The molecule has 3 aliphatic carbocycles. The summed E-state index contributed by atoms with van der Waals surface area (Å²) in [6.45, 7) is 1.96. The van der Waals surface area contributed by atoms with Gasteiger partial charge in [-0.25, -0.2) is 4.79 Å². The molecule has 1 saturated heterocycles. The lowest BCUT2D eigenvalue weighted by atomic mass is 9.63. The summed E-state index contributed by atoms with van der Waals surface area (Å²) < 4.78 is 0. The minimum atomic E-state index is -0.777. The molecule has 2 fully saturated rings. The van der Waals surface area contributed by atoms with Crippen LogP contribution in [0.2, 0.25) is 0 Å². The summed E-state index contributed by atoms with van der Waals surface area (Å²) in [7, 11) is 0. The molecule has 6 rings (SSSR count). The number of imide groups is 1. The van der Waals surface area contributed by atoms with Gasteiger partial charge >= 0.3 is 6.03 Å². The van der Waals surface area contributed by atoms with Gasteiger partial charge in [-0.05, 0) is 36.7 Å². The van der Waals surface area contributed by atoms with Crippen molar-refractivity contribution in [2.75, 3.05) is 5.32 Å². The molecule has 2 aromatic rings. The summed E-state index contributed by atoms with van der Waals surface area (Å²) >= 11 is 1.30. The highest BCUT2D eigenvalue weighted by Crippen LogP contribution is 2.50. The summed E-state index contributed by atoms with van der Waals surface area (Å²) in [4.78, 5) is 41.0. The number of likely N-dealkylation sites (tertiary alicyclic amines) is 1. The van der Waals surface area contributed by atoms with Crippen LogP contribution in [0.1, 0.15) is 30.3 Å². The molecular weight excluding hydrogens is 426 g/mol. The monoisotopic (exact) mass is 451 g/mol. The topological polar surface area (TPSA) is 104 Å². The molecule has 2 bridgehead atoms. The van der Waals surface area contributed by atoms with Crippen LogP contribution in [0.25, 0.3) is 0 Å². The van der Waals surface area contributed by atoms with Crippen LogP contribution in [0.15, 0.2) is 42.5 Å². The molecule has 1 aromatic carbocycles. The van der Waals surface area contributed by atoms with Crippen molar-refractivity contribution in [1.29, 1.82) is 0 Å². The fraction of sp³-hybridized carbons (Fsp3) is 0.435. The van der Waals surface area contributed by atoms with Crippen molar-refractivity contribution in [2.45, 2.75) is 38.8 Å². The zero-order valence-electron chi connectivity index (χ0n) is 17.7. The van der Waals surface area contributed by atoms with Crippen molar-refractivity contribution >= 4 is 34.3 Å². The number of rotatable bonds is 6. The molecule has 166 valence electrons. The van der Waals surface area contributed by atoms with Gasteiger partial charge in [0.05, 0.1) is 11.8 Å². The number of aromatic nitrogens is 2. The van der Waals surface area contributed by atoms with Gasteiger partial charge in [0.1, 0.15) is 11.2 Å². The Balaban J connectivity index is 1.39. The van der Waals surface area contributed by atoms with Crippen LogP contribution in [0.5, 0.6) is 0 Å². The van der Waals surface area contributed by atoms with Crippen LogP contribution in [-0.2, 0) is 22.4 Å². The molecule has 0 radical (unpaired) electrons. The van der Waals surface area contributed by atoms with Gasteiger partial charge in [0.2, 0.25) is 16.9 Å². The van der Waals surface area contributed by atoms with Crippen molar-refractivity contribution in [2.24, 2.45) is 23.7 Å². The third kappa shape index (κ3) is 3.70. The van der Waals surface area contributed by atoms with Crippen LogP contribution >= 0.6 is 11.3 Å². The van der Waals surface area contributed by atoms with E-state index in [2.05, 4.69) is 33.0 Å². The largest absolute Gasteiger partial charge is 0.322 e. The zero-order chi connectivity index (χ0) is 22.2. The number of benzene rings is 1. The predicted molar refractivity (Wildman–Crippen MR) is 120 cm³/mol. The van der Waals surface area contributed by atoms with Crippen molar-refractivity contribution < 1.29 is 14.4 Å². The van der Waals surface area contributed by atoms with E-state index in [-0.39, 0.29) is 35.5 Å². The highest BCUT2D eigenvalue weighted by molar-refractivity contribution is 7.15. The summed E-state index contributed by atoms with van der Waals surface area (Å²) in [6.07, 6.45) is 6.35. The van der Waals surface area contributed by atoms with Gasteiger partial charge in [0.25, 0.3) is 0 Å². The lowest BCUT2D eigenvalue weighted by Crippen LogP contribution is -2.53. The van der Waals surface area contributed by atoms with Gasteiger partial charge < -0.3 is 5.32 Å². The van der Waals surface area contributed by atoms with E-state index in [9.17, 15) is 14.4 Å². The van der Waals surface area contributed by atoms with Crippen LogP contribution in [-0.4, -0.2) is 39.1 Å². The Morgan fingerprint density at radius 2 is 1.75 bits per heavy atom. The second-order valence-electron chi connectivity index (χ2n) is 8.55. The van der Waals surface area contributed by atoms with E-state index >= 15 is 0 Å². The van der Waals surface area contributed by atoms with Gasteiger partial charge in [-0.2, -0.15) is 0 Å². The average molecular weight is 452 g/mol. The molecule has 1 aliphatic heterocycles. The number of carbonyl (C=O) groups excluding carboxylic acids is 3. The number of allylic oxidation sites excluding steroid dienone is 2. The van der Waals surface area contributed by atoms with E-state index in [0.29, 0.717) is 11.6 Å². The maximum atomic E-state index is 13.4. The first-order valence-corrected chi connectivity index (χ1v) is 11.9. The summed E-state index contributed by atoms with van der Waals surface area (Å²) in [6, 6.07) is 9.04. The Labute approximate surface area is 190 Å². The van der Waals surface area contributed by atoms with Crippen LogP contribution in [0, 0.1) is 23.7 Å². The van der Waals surface area contributed by atoms with Crippen molar-refractivity contribution in [3.05, 3.63) is 53.1 Å². The van der Waals surface area contributed by atoms with E-state index in [1.807, 2.05) is 37.3 Å². The number of hydrogen-bond donors (Lipinski definition) is 2. The molecule has 8 nitrogen and oxygen atoms in total. The first kappa shape index (κ1) is 20.8. The first-order valence-electron chi connectivity index (χ1n) is 11.0. The highest BCUT2D eigenvalue weighted by atomic mass is 32.1. The number of fused-ring (bicyclic) bond motifs is 1. The third-order valence-corrected chi connectivity index (χ3v) is 7.65. The number of nitrogens with zero attached hydrogens (tertiary/aromatic N) is 3. The van der Waals surface area contributed by atoms with Crippen molar-refractivity contribution in [3.8, 4) is 0 Å². The summed E-state index contributed by atoms with van der Waals surface area (Å²) in [5.74, 6) is -0.777. The molecule has 2 N–H and O–H groups in total. The van der Waals surface area contributed by atoms with Crippen LogP contribution < -0.4 is 10.6 Å². The molecule has 32 heavy (non-hydrogen) atoms. The second-order valence-corrected chi connectivity index (χ2v) is 9.61. The normalized spacial score (nSPS) is 26.8. The van der Waals surface area contributed by atoms with Gasteiger partial charge in [0, 0.05) is 6.42 Å². The number of nitrogens with one attached hydrogen (secondary N) is 2. The van der Waals surface area contributed by atoms with Crippen molar-refractivity contribution in [1.82, 2.24) is 20.4 Å². The molecule has 4 aliphatic rings. The summed E-state index contributed by atoms with van der Waals surface area (Å²) in [5.41, 5.74) is 0.929. The Hall–Kier alpha value is -3.07. The zero-order valence-corrected chi connectivity index (χ0v) is 18.5. The second kappa shape index (κ2) is 8.46. The van der Waals surface area contributed by atoms with E-state index in [1.165, 1.54) is 16.2 Å². The fourth-order valence-electron chi connectivity index (χ4n) is 5.18. The molecule has 5 unspecified atom stereocenters. The molecule has 2 heterocycles. The minimum Gasteiger partial charge on any atom is -0.317 e. The molecule has 1 saturated carbocycles. The molecular formula is C23H25N5O3S. The fourth-order valence-corrected chi connectivity index (χ4v) is 5.85. The number of amides is 4. The highest BCUT2D eigenvalue weighted by Gasteiger charge is 2.58. The average Bonchev–Trinajstić information content (AvgIpc) is 3.37. The predicted octanol–water partition coefficient (Wildman–Crippen LogP) is 2.99. The number of hydrogen-bond acceptors (Lipinski definition) is 6. The van der Waals surface area contributed by atoms with Gasteiger partial charge in [-0.3, -0.25) is 19.8 Å². The molecule has 9 heteroatoms. The Kier molecular flexibility index (Phi) is 5.50. The van der Waals surface area contributed by atoms with Crippen LogP contribution in [0.3, 0.4) is 0 Å². The first-order chi connectivity index (χ1) is 15.5. The SMILES string of the molecule is CCc1nnc(NC(=O)NC(Cc2ccccc2)N2C(=O)C3C4C=CC(CC4)C3C2=O)s1. The Morgan fingerprint density at radius 3 is 2.31 bits per heavy atom. The maximum Gasteiger partial charge on any atom is 0.322 e. The van der Waals surface area contributed by atoms with E-state index < -0.39 is 12.2 Å². The molecule has 0 spiro atoms. The number of carbonyl (C=O) groups is 3. The lowest BCUT2D eigenvalue weighted by Gasteiger charge is -2.38. The Bertz CT molecular complexity index is 1040. The Morgan fingerprint density at radius 1 is 1.09 bits per heavy atom. The van der Waals surface area contributed by atoms with Gasteiger partial charge in [0.15, 0.2) is 0 Å². The number of anilines is 1. The van der Waals surface area contributed by atoms with Crippen molar-refractivity contribution in [3.63, 3.8) is 0 Å². The quantitative estimate of drug-likeness (QED) is 0.519. The summed E-state index contributed by atoms with van der Waals surface area (Å²) in [5, 5.41) is 14.7. The van der Waals surface area contributed by atoms with E-state index in [4.69, 9.17) is 0 Å². The third-order valence-electron chi connectivity index (χ3n) is 6.66. The number of aryl methyl sites for hydroxylation is 1.